The van der Waals surface area contributed by atoms with Gasteiger partial charge in [0, 0.05) is 24.6 Å². The highest BCUT2D eigenvalue weighted by atomic mass is 35.5. The molecule has 1 saturated heterocycles. The molecule has 0 atom stereocenters. The Hall–Kier alpha value is -2.94. The van der Waals surface area contributed by atoms with Crippen molar-refractivity contribution in [2.24, 2.45) is 0 Å². The number of halogens is 5. The molecule has 2 aromatic carbocycles. The Balaban J connectivity index is 1.42. The molecule has 0 saturated carbocycles. The van der Waals surface area contributed by atoms with E-state index in [0.29, 0.717) is 37.4 Å². The Morgan fingerprint density at radius 3 is 2.39 bits per heavy atom. The average Bonchev–Trinajstić information content (AvgIpc) is 3.23. The normalized spacial score (nSPS) is 15.3. The molecule has 1 aliphatic rings. The largest absolute Gasteiger partial charge is 0.416 e. The Kier molecular flexibility index (Phi) is 5.70. The fraction of sp³-hybridized carbons (Fsp3) is 0.286. The van der Waals surface area contributed by atoms with Gasteiger partial charge in [-0.15, -0.1) is 0 Å². The fourth-order valence-corrected chi connectivity index (χ4v) is 3.76. The van der Waals surface area contributed by atoms with Crippen molar-refractivity contribution in [3.8, 4) is 11.4 Å². The van der Waals surface area contributed by atoms with Crippen molar-refractivity contribution in [2.75, 3.05) is 13.1 Å². The van der Waals surface area contributed by atoms with Crippen LogP contribution < -0.4 is 0 Å². The van der Waals surface area contributed by atoms with Crippen molar-refractivity contribution in [3.63, 3.8) is 0 Å². The summed E-state index contributed by atoms with van der Waals surface area (Å²) in [6.07, 6.45) is -3.38. The van der Waals surface area contributed by atoms with Crippen molar-refractivity contribution < 1.29 is 26.9 Å². The lowest BCUT2D eigenvalue weighted by Gasteiger charge is -2.30. The first-order chi connectivity index (χ1) is 14.7. The third-order valence-corrected chi connectivity index (χ3v) is 5.54. The van der Waals surface area contributed by atoms with Gasteiger partial charge >= 0.3 is 6.18 Å². The van der Waals surface area contributed by atoms with E-state index in [9.17, 15) is 22.4 Å². The SMILES string of the molecule is O=C(c1c(F)cccc1Cl)N1CCC(c2nc(-c3ccc(C(F)(F)F)cc3)no2)CC1. The second kappa shape index (κ2) is 8.30. The minimum Gasteiger partial charge on any atom is -0.339 e. The minimum absolute atomic E-state index is 0.0604. The zero-order valence-corrected chi connectivity index (χ0v) is 16.8. The van der Waals surface area contributed by atoms with Gasteiger partial charge in [0.15, 0.2) is 0 Å². The van der Waals surface area contributed by atoms with Crippen molar-refractivity contribution in [2.45, 2.75) is 24.9 Å². The lowest BCUT2D eigenvalue weighted by Crippen LogP contribution is -2.38. The molecule has 0 spiro atoms. The van der Waals surface area contributed by atoms with Crippen LogP contribution in [0.25, 0.3) is 11.4 Å². The lowest BCUT2D eigenvalue weighted by molar-refractivity contribution is -0.137. The number of benzene rings is 2. The maximum atomic E-state index is 14.0. The fourth-order valence-electron chi connectivity index (χ4n) is 3.52. The van der Waals surface area contributed by atoms with E-state index < -0.39 is 23.5 Å². The van der Waals surface area contributed by atoms with Gasteiger partial charge in [0.2, 0.25) is 11.7 Å². The van der Waals surface area contributed by atoms with Crippen LogP contribution in [-0.2, 0) is 6.18 Å². The first-order valence-electron chi connectivity index (χ1n) is 9.48. The first-order valence-corrected chi connectivity index (χ1v) is 9.86. The van der Waals surface area contributed by atoms with Crippen LogP contribution in [0.4, 0.5) is 17.6 Å². The number of carbonyl (C=O) groups excluding carboxylic acids is 1. The van der Waals surface area contributed by atoms with Crippen molar-refractivity contribution in [3.05, 3.63) is 70.3 Å². The van der Waals surface area contributed by atoms with E-state index in [1.165, 1.54) is 35.2 Å². The number of piperidine rings is 1. The molecule has 0 aliphatic carbocycles. The molecule has 1 aliphatic heterocycles. The molecule has 31 heavy (non-hydrogen) atoms. The lowest BCUT2D eigenvalue weighted by atomic mass is 9.96. The second-order valence-electron chi connectivity index (χ2n) is 7.19. The number of amides is 1. The summed E-state index contributed by atoms with van der Waals surface area (Å²) in [5.41, 5.74) is -0.498. The van der Waals surface area contributed by atoms with E-state index in [-0.39, 0.29) is 22.3 Å². The molecule has 4 rings (SSSR count). The van der Waals surface area contributed by atoms with Crippen molar-refractivity contribution >= 4 is 17.5 Å². The monoisotopic (exact) mass is 453 g/mol. The summed E-state index contributed by atoms with van der Waals surface area (Å²) in [4.78, 5) is 18.5. The number of likely N-dealkylation sites (tertiary alicyclic amines) is 1. The molecule has 1 fully saturated rings. The highest BCUT2D eigenvalue weighted by Crippen LogP contribution is 2.32. The Morgan fingerprint density at radius 2 is 1.77 bits per heavy atom. The molecule has 0 unspecified atom stereocenters. The van der Waals surface area contributed by atoms with Crippen LogP contribution in [0.3, 0.4) is 0 Å². The number of carbonyl (C=O) groups is 1. The topological polar surface area (TPSA) is 59.2 Å². The molecular formula is C21H16ClF4N3O2. The molecule has 0 radical (unpaired) electrons. The van der Waals surface area contributed by atoms with Crippen LogP contribution in [0.5, 0.6) is 0 Å². The van der Waals surface area contributed by atoms with E-state index in [1.807, 2.05) is 0 Å². The molecule has 2 heterocycles. The number of aromatic nitrogens is 2. The summed E-state index contributed by atoms with van der Waals surface area (Å²) >= 11 is 5.98. The number of hydrogen-bond donors (Lipinski definition) is 0. The van der Waals surface area contributed by atoms with E-state index in [2.05, 4.69) is 10.1 Å². The summed E-state index contributed by atoms with van der Waals surface area (Å²) < 4.78 is 57.4. The maximum Gasteiger partial charge on any atom is 0.416 e. The van der Waals surface area contributed by atoms with Gasteiger partial charge in [-0.3, -0.25) is 4.79 Å². The van der Waals surface area contributed by atoms with E-state index >= 15 is 0 Å². The highest BCUT2D eigenvalue weighted by molar-refractivity contribution is 6.33. The summed E-state index contributed by atoms with van der Waals surface area (Å²) in [6, 6.07) is 8.59. The molecule has 0 N–H and O–H groups in total. The number of hydrogen-bond acceptors (Lipinski definition) is 4. The highest BCUT2D eigenvalue weighted by Gasteiger charge is 2.31. The van der Waals surface area contributed by atoms with Crippen LogP contribution in [0, 0.1) is 5.82 Å². The summed E-state index contributed by atoms with van der Waals surface area (Å²) in [5.74, 6) is -0.711. The van der Waals surface area contributed by atoms with Crippen molar-refractivity contribution in [1.29, 1.82) is 0 Å². The van der Waals surface area contributed by atoms with Gasteiger partial charge in [0.25, 0.3) is 5.91 Å². The van der Waals surface area contributed by atoms with Crippen molar-refractivity contribution in [1.82, 2.24) is 15.0 Å². The molecule has 162 valence electrons. The number of rotatable bonds is 3. The van der Waals surface area contributed by atoms with Crippen LogP contribution in [-0.4, -0.2) is 34.0 Å². The van der Waals surface area contributed by atoms with E-state index in [1.54, 1.807) is 0 Å². The van der Waals surface area contributed by atoms with Gasteiger partial charge in [0.1, 0.15) is 5.82 Å². The zero-order chi connectivity index (χ0) is 22.2. The predicted octanol–water partition coefficient (Wildman–Crippen LogP) is 5.57. The van der Waals surface area contributed by atoms with Gasteiger partial charge in [0.05, 0.1) is 16.1 Å². The van der Waals surface area contributed by atoms with Crippen LogP contribution in [0.15, 0.2) is 47.0 Å². The average molecular weight is 454 g/mol. The standard InChI is InChI=1S/C21H16ClF4N3O2/c22-15-2-1-3-16(23)17(15)20(30)29-10-8-13(9-11-29)19-27-18(28-31-19)12-4-6-14(7-5-12)21(24,25)26/h1-7,13H,8-11H2. The third-order valence-electron chi connectivity index (χ3n) is 5.22. The van der Waals surface area contributed by atoms with Gasteiger partial charge in [-0.25, -0.2) is 4.39 Å². The van der Waals surface area contributed by atoms with Gasteiger partial charge in [-0.1, -0.05) is 35.0 Å². The number of alkyl halides is 3. The van der Waals surface area contributed by atoms with Gasteiger partial charge < -0.3 is 9.42 Å². The molecule has 10 heteroatoms. The summed E-state index contributed by atoms with van der Waals surface area (Å²) in [7, 11) is 0. The Labute approximate surface area is 179 Å². The van der Waals surface area contributed by atoms with E-state index in [0.717, 1.165) is 12.1 Å². The summed E-state index contributed by atoms with van der Waals surface area (Å²) in [6.45, 7) is 0.707. The molecule has 3 aromatic rings. The molecule has 5 nitrogen and oxygen atoms in total. The van der Waals surface area contributed by atoms with Crippen LogP contribution in [0.1, 0.15) is 40.6 Å². The predicted molar refractivity (Wildman–Crippen MR) is 104 cm³/mol. The molecule has 0 bridgehead atoms. The first kappa shape index (κ1) is 21.3. The number of nitrogens with zero attached hydrogens (tertiary/aromatic N) is 3. The summed E-state index contributed by atoms with van der Waals surface area (Å²) in [5, 5.41) is 3.92. The van der Waals surface area contributed by atoms with Gasteiger partial charge in [-0.2, -0.15) is 18.2 Å². The second-order valence-corrected chi connectivity index (χ2v) is 7.60. The smallest absolute Gasteiger partial charge is 0.339 e. The van der Waals surface area contributed by atoms with E-state index in [4.69, 9.17) is 16.1 Å². The zero-order valence-electron chi connectivity index (χ0n) is 16.0. The Bertz CT molecular complexity index is 1070. The van der Waals surface area contributed by atoms with Crippen LogP contribution >= 0.6 is 11.6 Å². The quantitative estimate of drug-likeness (QED) is 0.487. The molecule has 1 amide bonds. The molecule has 1 aromatic heterocycles. The van der Waals surface area contributed by atoms with Gasteiger partial charge in [-0.05, 0) is 37.1 Å². The maximum absolute atomic E-state index is 14.0. The van der Waals surface area contributed by atoms with Crippen LogP contribution in [0.2, 0.25) is 5.02 Å². The molecular weight excluding hydrogens is 438 g/mol. The Morgan fingerprint density at radius 1 is 1.10 bits per heavy atom. The third kappa shape index (κ3) is 4.41. The minimum atomic E-state index is -4.42.